The molecule has 2 N–H and O–H groups in total. The zero-order chi connectivity index (χ0) is 14.7. The Bertz CT molecular complexity index is 746. The van der Waals surface area contributed by atoms with Gasteiger partial charge < -0.3 is 10.3 Å². The van der Waals surface area contributed by atoms with Crippen LogP contribution in [-0.4, -0.2) is 18.6 Å². The number of H-pyrrole nitrogens is 1. The maximum absolute atomic E-state index is 3.37. The molecule has 0 atom stereocenters. The number of aromatic nitrogens is 1. The van der Waals surface area contributed by atoms with Crippen molar-refractivity contribution in [3.8, 4) is 0 Å². The fourth-order valence-corrected chi connectivity index (χ4v) is 3.56. The molecule has 0 saturated carbocycles. The molecule has 21 heavy (non-hydrogen) atoms. The van der Waals surface area contributed by atoms with Crippen LogP contribution in [-0.2, 0) is 6.42 Å². The summed E-state index contributed by atoms with van der Waals surface area (Å²) >= 11 is 1.85. The van der Waals surface area contributed by atoms with Crippen molar-refractivity contribution in [2.45, 2.75) is 23.1 Å². The lowest BCUT2D eigenvalue weighted by molar-refractivity contribution is 0.783. The number of aryl methyl sites for hydroxylation is 1. The van der Waals surface area contributed by atoms with E-state index in [9.17, 15) is 0 Å². The van der Waals surface area contributed by atoms with E-state index in [1.165, 1.54) is 31.8 Å². The monoisotopic (exact) mass is 296 g/mol. The third-order valence-electron chi connectivity index (χ3n) is 3.64. The van der Waals surface area contributed by atoms with Gasteiger partial charge >= 0.3 is 0 Å². The van der Waals surface area contributed by atoms with E-state index in [2.05, 4.69) is 65.9 Å². The highest BCUT2D eigenvalue weighted by molar-refractivity contribution is 7.99. The number of likely N-dealkylation sites (N-methyl/N-ethyl adjacent to an activating group) is 1. The third-order valence-corrected chi connectivity index (χ3v) is 4.81. The van der Waals surface area contributed by atoms with E-state index < -0.39 is 0 Å². The van der Waals surface area contributed by atoms with Gasteiger partial charge in [-0.1, -0.05) is 41.6 Å². The number of hydrogen-bond acceptors (Lipinski definition) is 2. The molecule has 0 radical (unpaired) electrons. The number of hydrogen-bond donors (Lipinski definition) is 2. The van der Waals surface area contributed by atoms with Crippen molar-refractivity contribution in [2.24, 2.45) is 0 Å². The Morgan fingerprint density at radius 2 is 1.95 bits per heavy atom. The Balaban J connectivity index is 1.93. The van der Waals surface area contributed by atoms with Gasteiger partial charge in [-0.2, -0.15) is 0 Å². The molecular formula is C18H20N2S. The van der Waals surface area contributed by atoms with Crippen LogP contribution in [0.3, 0.4) is 0 Å². The second kappa shape index (κ2) is 6.37. The van der Waals surface area contributed by atoms with Gasteiger partial charge in [0.15, 0.2) is 0 Å². The summed E-state index contributed by atoms with van der Waals surface area (Å²) < 4.78 is 0. The molecule has 0 saturated heterocycles. The van der Waals surface area contributed by atoms with Crippen LogP contribution < -0.4 is 5.32 Å². The average Bonchev–Trinajstić information content (AvgIpc) is 2.89. The summed E-state index contributed by atoms with van der Waals surface area (Å²) in [6, 6.07) is 15.2. The standard InChI is InChI=1S/C18H20N2S/c1-13-7-8-16-15(11-13)18(12-20-16)21-17-6-4-3-5-14(17)9-10-19-2/h3-8,11-12,19-20H,9-10H2,1-2H3. The van der Waals surface area contributed by atoms with Crippen LogP contribution in [0.15, 0.2) is 58.5 Å². The van der Waals surface area contributed by atoms with Crippen LogP contribution in [0.5, 0.6) is 0 Å². The van der Waals surface area contributed by atoms with Crippen molar-refractivity contribution in [2.75, 3.05) is 13.6 Å². The Morgan fingerprint density at radius 3 is 2.81 bits per heavy atom. The van der Waals surface area contributed by atoms with E-state index in [1.807, 2.05) is 18.8 Å². The lowest BCUT2D eigenvalue weighted by Crippen LogP contribution is -2.10. The minimum Gasteiger partial charge on any atom is -0.360 e. The van der Waals surface area contributed by atoms with Gasteiger partial charge in [0.05, 0.1) is 0 Å². The number of nitrogens with one attached hydrogen (secondary N) is 2. The topological polar surface area (TPSA) is 27.8 Å². The summed E-state index contributed by atoms with van der Waals surface area (Å²) in [5, 5.41) is 4.53. The predicted octanol–water partition coefficient (Wildman–Crippen LogP) is 4.39. The molecule has 0 aliphatic rings. The van der Waals surface area contributed by atoms with Gasteiger partial charge in [-0.15, -0.1) is 0 Å². The highest BCUT2D eigenvalue weighted by Crippen LogP contribution is 2.35. The normalized spacial score (nSPS) is 11.1. The maximum Gasteiger partial charge on any atom is 0.0465 e. The molecule has 0 aliphatic heterocycles. The quantitative estimate of drug-likeness (QED) is 0.731. The fraction of sp³-hybridized carbons (Fsp3) is 0.222. The fourth-order valence-electron chi connectivity index (χ4n) is 2.48. The second-order valence-corrected chi connectivity index (χ2v) is 6.35. The van der Waals surface area contributed by atoms with E-state index in [4.69, 9.17) is 0 Å². The number of fused-ring (bicyclic) bond motifs is 1. The summed E-state index contributed by atoms with van der Waals surface area (Å²) in [5.74, 6) is 0. The molecule has 3 rings (SSSR count). The van der Waals surface area contributed by atoms with Crippen LogP contribution >= 0.6 is 11.8 Å². The summed E-state index contributed by atoms with van der Waals surface area (Å²) in [5.41, 5.74) is 3.90. The van der Waals surface area contributed by atoms with E-state index in [-0.39, 0.29) is 0 Å². The number of benzene rings is 2. The van der Waals surface area contributed by atoms with Gasteiger partial charge in [-0.25, -0.2) is 0 Å². The zero-order valence-corrected chi connectivity index (χ0v) is 13.3. The van der Waals surface area contributed by atoms with Gasteiger partial charge in [0.2, 0.25) is 0 Å². The lowest BCUT2D eigenvalue weighted by Gasteiger charge is -2.08. The lowest BCUT2D eigenvalue weighted by atomic mass is 10.1. The molecule has 0 aliphatic carbocycles. The van der Waals surface area contributed by atoms with Gasteiger partial charge in [0.1, 0.15) is 0 Å². The molecule has 0 fully saturated rings. The zero-order valence-electron chi connectivity index (χ0n) is 12.4. The molecule has 2 nitrogen and oxygen atoms in total. The van der Waals surface area contributed by atoms with Gasteiger partial charge in [0.25, 0.3) is 0 Å². The largest absolute Gasteiger partial charge is 0.360 e. The molecule has 0 spiro atoms. The van der Waals surface area contributed by atoms with Gasteiger partial charge in [-0.3, -0.25) is 0 Å². The molecule has 0 bridgehead atoms. The van der Waals surface area contributed by atoms with Crippen LogP contribution in [0.25, 0.3) is 10.9 Å². The Labute approximate surface area is 130 Å². The highest BCUT2D eigenvalue weighted by atomic mass is 32.2. The molecule has 1 aromatic heterocycles. The Morgan fingerprint density at radius 1 is 1.10 bits per heavy atom. The molecule has 3 aromatic rings. The van der Waals surface area contributed by atoms with E-state index in [1.54, 1.807) is 0 Å². The first-order valence-corrected chi connectivity index (χ1v) is 8.07. The van der Waals surface area contributed by atoms with E-state index in [0.29, 0.717) is 0 Å². The molecule has 2 aromatic carbocycles. The smallest absolute Gasteiger partial charge is 0.0465 e. The first-order valence-electron chi connectivity index (χ1n) is 7.26. The predicted molar refractivity (Wildman–Crippen MR) is 91.2 cm³/mol. The van der Waals surface area contributed by atoms with Crippen LogP contribution in [0, 0.1) is 6.92 Å². The summed E-state index contributed by atoms with van der Waals surface area (Å²) in [4.78, 5) is 6.00. The molecular weight excluding hydrogens is 276 g/mol. The number of rotatable bonds is 5. The molecule has 0 amide bonds. The summed E-state index contributed by atoms with van der Waals surface area (Å²) in [6.07, 6.45) is 3.17. The maximum atomic E-state index is 3.37. The van der Waals surface area contributed by atoms with Crippen molar-refractivity contribution in [3.63, 3.8) is 0 Å². The molecule has 0 unspecified atom stereocenters. The van der Waals surface area contributed by atoms with Gasteiger partial charge in [0, 0.05) is 26.9 Å². The average molecular weight is 296 g/mol. The van der Waals surface area contributed by atoms with Gasteiger partial charge in [-0.05, 0) is 50.7 Å². The van der Waals surface area contributed by atoms with Crippen molar-refractivity contribution in [3.05, 3.63) is 59.8 Å². The first-order chi connectivity index (χ1) is 10.3. The SMILES string of the molecule is CNCCc1ccccc1Sc1c[nH]c2ccc(C)cc12. The van der Waals surface area contributed by atoms with Crippen LogP contribution in [0.2, 0.25) is 0 Å². The summed E-state index contributed by atoms with van der Waals surface area (Å²) in [6.45, 7) is 3.15. The van der Waals surface area contributed by atoms with Crippen LogP contribution in [0.4, 0.5) is 0 Å². The first kappa shape index (κ1) is 14.2. The van der Waals surface area contributed by atoms with Crippen molar-refractivity contribution >= 4 is 22.7 Å². The van der Waals surface area contributed by atoms with Crippen molar-refractivity contribution < 1.29 is 0 Å². The van der Waals surface area contributed by atoms with E-state index in [0.717, 1.165) is 13.0 Å². The Hall–Kier alpha value is -1.71. The second-order valence-electron chi connectivity index (χ2n) is 5.27. The Kier molecular flexibility index (Phi) is 4.32. The van der Waals surface area contributed by atoms with E-state index >= 15 is 0 Å². The minimum absolute atomic E-state index is 1.00. The summed E-state index contributed by atoms with van der Waals surface area (Å²) in [7, 11) is 2.00. The highest BCUT2D eigenvalue weighted by Gasteiger charge is 2.08. The number of aromatic amines is 1. The van der Waals surface area contributed by atoms with Crippen molar-refractivity contribution in [1.29, 1.82) is 0 Å². The van der Waals surface area contributed by atoms with Crippen LogP contribution in [0.1, 0.15) is 11.1 Å². The molecule has 1 heterocycles. The molecule has 108 valence electrons. The third kappa shape index (κ3) is 3.14. The molecule has 3 heteroatoms. The minimum atomic E-state index is 1.00. The van der Waals surface area contributed by atoms with Crippen molar-refractivity contribution in [1.82, 2.24) is 10.3 Å².